The average Bonchev–Trinajstić information content (AvgIpc) is 2.56. The number of sulfonamides is 1. The number of rotatable bonds is 6. The predicted octanol–water partition coefficient (Wildman–Crippen LogP) is 3.55. The molecule has 0 fully saturated rings. The molecule has 0 aliphatic carbocycles. The van der Waals surface area contributed by atoms with Crippen LogP contribution >= 0.6 is 34.8 Å². The molecule has 6 nitrogen and oxygen atoms in total. The molecule has 0 aromatic heterocycles. The van der Waals surface area contributed by atoms with Crippen molar-refractivity contribution in [3.63, 3.8) is 0 Å². The predicted molar refractivity (Wildman–Crippen MR) is 101 cm³/mol. The maximum absolute atomic E-state index is 12.0. The van der Waals surface area contributed by atoms with Crippen LogP contribution in [-0.2, 0) is 14.8 Å². The van der Waals surface area contributed by atoms with Gasteiger partial charge in [0, 0.05) is 6.07 Å². The third kappa shape index (κ3) is 5.49. The Bertz CT molecular complexity index is 918. The standard InChI is InChI=1S/C16H15Cl3N2O4S/c1-9(10-2-4-11(5-3-10)26(20,23)24)21-16(22)8-25-15-7-13(18)12(17)6-14(15)19/h2-7,9H,8H2,1H3,(H,21,22)(H2,20,23,24). The Kier molecular flexibility index (Phi) is 6.76. The summed E-state index contributed by atoms with van der Waals surface area (Å²) in [6.07, 6.45) is 0. The molecule has 0 aliphatic heterocycles. The van der Waals surface area contributed by atoms with Crippen LogP contribution < -0.4 is 15.2 Å². The van der Waals surface area contributed by atoms with E-state index in [1.165, 1.54) is 24.3 Å². The first-order valence-corrected chi connectivity index (χ1v) is 9.95. The molecule has 1 unspecified atom stereocenters. The monoisotopic (exact) mass is 436 g/mol. The maximum atomic E-state index is 12.0. The van der Waals surface area contributed by atoms with Gasteiger partial charge in [-0.15, -0.1) is 0 Å². The van der Waals surface area contributed by atoms with Gasteiger partial charge in [-0.2, -0.15) is 0 Å². The SMILES string of the molecule is CC(NC(=O)COc1cc(Cl)c(Cl)cc1Cl)c1ccc(S(N)(=O)=O)cc1. The van der Waals surface area contributed by atoms with E-state index in [0.717, 1.165) is 0 Å². The minimum absolute atomic E-state index is 0.00244. The fraction of sp³-hybridized carbons (Fsp3) is 0.188. The van der Waals surface area contributed by atoms with E-state index in [4.69, 9.17) is 44.7 Å². The second-order valence-corrected chi connectivity index (χ2v) is 8.17. The van der Waals surface area contributed by atoms with Gasteiger partial charge in [-0.05, 0) is 30.7 Å². The molecule has 0 saturated carbocycles. The van der Waals surface area contributed by atoms with E-state index >= 15 is 0 Å². The number of hydrogen-bond donors (Lipinski definition) is 2. The number of nitrogens with two attached hydrogens (primary N) is 1. The second-order valence-electron chi connectivity index (χ2n) is 5.39. The summed E-state index contributed by atoms with van der Waals surface area (Å²) in [6, 6.07) is 8.37. The smallest absolute Gasteiger partial charge is 0.258 e. The highest BCUT2D eigenvalue weighted by molar-refractivity contribution is 7.89. The summed E-state index contributed by atoms with van der Waals surface area (Å²) in [7, 11) is -3.76. The van der Waals surface area contributed by atoms with Gasteiger partial charge in [-0.1, -0.05) is 46.9 Å². The Morgan fingerprint density at radius 3 is 2.27 bits per heavy atom. The molecule has 1 atom stereocenters. The number of primary sulfonamides is 1. The molecule has 10 heteroatoms. The maximum Gasteiger partial charge on any atom is 0.258 e. The number of benzene rings is 2. The Hall–Kier alpha value is -1.51. The normalized spacial score (nSPS) is 12.5. The highest BCUT2D eigenvalue weighted by Gasteiger charge is 2.14. The van der Waals surface area contributed by atoms with Gasteiger partial charge in [-0.3, -0.25) is 4.79 Å². The number of ether oxygens (including phenoxy) is 1. The van der Waals surface area contributed by atoms with Crippen molar-refractivity contribution < 1.29 is 17.9 Å². The zero-order chi connectivity index (χ0) is 19.5. The average molecular weight is 438 g/mol. The molecular weight excluding hydrogens is 423 g/mol. The molecular formula is C16H15Cl3N2O4S. The Labute approximate surface area is 166 Å². The molecule has 0 radical (unpaired) electrons. The first-order valence-electron chi connectivity index (χ1n) is 7.27. The molecule has 0 heterocycles. The van der Waals surface area contributed by atoms with E-state index in [1.54, 1.807) is 19.1 Å². The summed E-state index contributed by atoms with van der Waals surface area (Å²) in [5.74, 6) is -0.156. The van der Waals surface area contributed by atoms with Crippen LogP contribution in [-0.4, -0.2) is 20.9 Å². The van der Waals surface area contributed by atoms with Gasteiger partial charge >= 0.3 is 0 Å². The van der Waals surface area contributed by atoms with Gasteiger partial charge < -0.3 is 10.1 Å². The number of carbonyl (C=O) groups is 1. The zero-order valence-corrected chi connectivity index (χ0v) is 16.6. The lowest BCUT2D eigenvalue weighted by Crippen LogP contribution is -2.31. The van der Waals surface area contributed by atoms with Crippen LogP contribution in [0.2, 0.25) is 15.1 Å². The highest BCUT2D eigenvalue weighted by Crippen LogP contribution is 2.33. The number of hydrogen-bond acceptors (Lipinski definition) is 4. The summed E-state index contributed by atoms with van der Waals surface area (Å²) in [4.78, 5) is 12.0. The Morgan fingerprint density at radius 2 is 1.69 bits per heavy atom. The summed E-state index contributed by atoms with van der Waals surface area (Å²) >= 11 is 17.7. The molecule has 0 bridgehead atoms. The molecule has 0 aliphatic rings. The number of amides is 1. The third-order valence-electron chi connectivity index (χ3n) is 3.42. The Balaban J connectivity index is 1.96. The Morgan fingerprint density at radius 1 is 1.12 bits per heavy atom. The van der Waals surface area contributed by atoms with Gasteiger partial charge in [0.2, 0.25) is 10.0 Å². The van der Waals surface area contributed by atoms with Crippen molar-refractivity contribution in [2.45, 2.75) is 17.9 Å². The van der Waals surface area contributed by atoms with E-state index in [9.17, 15) is 13.2 Å². The van der Waals surface area contributed by atoms with Crippen molar-refractivity contribution in [2.75, 3.05) is 6.61 Å². The van der Waals surface area contributed by atoms with E-state index in [1.807, 2.05) is 0 Å². The van der Waals surface area contributed by atoms with Crippen LogP contribution in [0.5, 0.6) is 5.75 Å². The lowest BCUT2D eigenvalue weighted by atomic mass is 10.1. The summed E-state index contributed by atoms with van der Waals surface area (Å²) in [5, 5.41) is 8.55. The molecule has 140 valence electrons. The quantitative estimate of drug-likeness (QED) is 0.675. The first kappa shape index (κ1) is 20.8. The van der Waals surface area contributed by atoms with Gasteiger partial charge in [0.25, 0.3) is 5.91 Å². The lowest BCUT2D eigenvalue weighted by Gasteiger charge is -2.15. The number of nitrogens with one attached hydrogen (secondary N) is 1. The molecule has 26 heavy (non-hydrogen) atoms. The van der Waals surface area contributed by atoms with Crippen molar-refractivity contribution in [2.24, 2.45) is 5.14 Å². The van der Waals surface area contributed by atoms with Crippen LogP contribution in [0, 0.1) is 0 Å². The molecule has 3 N–H and O–H groups in total. The lowest BCUT2D eigenvalue weighted by molar-refractivity contribution is -0.123. The minimum Gasteiger partial charge on any atom is -0.482 e. The number of carbonyl (C=O) groups excluding carboxylic acids is 1. The summed E-state index contributed by atoms with van der Waals surface area (Å²) in [5.41, 5.74) is 0.707. The van der Waals surface area contributed by atoms with Crippen LogP contribution in [0.15, 0.2) is 41.3 Å². The molecule has 2 rings (SSSR count). The van der Waals surface area contributed by atoms with Gasteiger partial charge in [0.05, 0.1) is 26.0 Å². The van der Waals surface area contributed by atoms with Crippen molar-refractivity contribution >= 4 is 50.7 Å². The first-order chi connectivity index (χ1) is 12.1. The summed E-state index contributed by atoms with van der Waals surface area (Å²) < 4.78 is 27.8. The van der Waals surface area contributed by atoms with Gasteiger partial charge in [-0.25, -0.2) is 13.6 Å². The van der Waals surface area contributed by atoms with Crippen LogP contribution in [0.25, 0.3) is 0 Å². The van der Waals surface area contributed by atoms with E-state index in [-0.39, 0.29) is 38.4 Å². The second kappa shape index (κ2) is 8.45. The fourth-order valence-electron chi connectivity index (χ4n) is 2.07. The van der Waals surface area contributed by atoms with Gasteiger partial charge in [0.1, 0.15) is 5.75 Å². The van der Waals surface area contributed by atoms with E-state index in [2.05, 4.69) is 5.32 Å². The third-order valence-corrected chi connectivity index (χ3v) is 5.37. The molecule has 0 saturated heterocycles. The van der Waals surface area contributed by atoms with Crippen molar-refractivity contribution in [3.8, 4) is 5.75 Å². The molecule has 0 spiro atoms. The van der Waals surface area contributed by atoms with Gasteiger partial charge in [0.15, 0.2) is 6.61 Å². The number of halogens is 3. The van der Waals surface area contributed by atoms with Crippen molar-refractivity contribution in [1.29, 1.82) is 0 Å². The largest absolute Gasteiger partial charge is 0.482 e. The van der Waals surface area contributed by atoms with Crippen molar-refractivity contribution in [1.82, 2.24) is 5.32 Å². The van der Waals surface area contributed by atoms with Crippen LogP contribution in [0.4, 0.5) is 0 Å². The van der Waals surface area contributed by atoms with Crippen LogP contribution in [0.1, 0.15) is 18.5 Å². The van der Waals surface area contributed by atoms with E-state index < -0.39 is 15.9 Å². The van der Waals surface area contributed by atoms with Crippen molar-refractivity contribution in [3.05, 3.63) is 57.0 Å². The fourth-order valence-corrected chi connectivity index (χ4v) is 3.18. The minimum atomic E-state index is -3.76. The van der Waals surface area contributed by atoms with Crippen LogP contribution in [0.3, 0.4) is 0 Å². The molecule has 2 aromatic carbocycles. The highest BCUT2D eigenvalue weighted by atomic mass is 35.5. The molecule has 1 amide bonds. The summed E-state index contributed by atoms with van der Waals surface area (Å²) in [6.45, 7) is 1.47. The van der Waals surface area contributed by atoms with E-state index in [0.29, 0.717) is 5.56 Å². The topological polar surface area (TPSA) is 98.5 Å². The molecule has 2 aromatic rings. The zero-order valence-electron chi connectivity index (χ0n) is 13.5.